The van der Waals surface area contributed by atoms with Crippen molar-refractivity contribution in [3.63, 3.8) is 0 Å². The number of carbonyl (C=O) groups excluding carboxylic acids is 4. The van der Waals surface area contributed by atoms with Crippen LogP contribution in [-0.2, 0) is 68.0 Å². The number of carboxylic acid groups (broad SMARTS) is 2. The molecule has 0 bridgehead atoms. The summed E-state index contributed by atoms with van der Waals surface area (Å²) in [6.07, 6.45) is -1.29. The van der Waals surface area contributed by atoms with E-state index in [9.17, 15) is 82.0 Å². The Morgan fingerprint density at radius 3 is 1.92 bits per heavy atom. The van der Waals surface area contributed by atoms with Gasteiger partial charge in [0.1, 0.15) is 42.5 Å². The summed E-state index contributed by atoms with van der Waals surface area (Å²) in [4.78, 5) is 124. The molecule has 4 heterocycles. The quantitative estimate of drug-likeness (QED) is 0.00601. The van der Waals surface area contributed by atoms with E-state index in [1.165, 1.54) is 72.8 Å². The number of ether oxygens (including phenoxy) is 1. The minimum Gasteiger partial charge on any atom is -0.478 e. The molecule has 1 aromatic heterocycles. The number of fused-ring (bicyclic) bond motifs is 4. The maximum absolute atomic E-state index is 14.0. The molecule has 10 N–H and O–H groups in total. The molecule has 3 aliphatic heterocycles. The van der Waals surface area contributed by atoms with Crippen molar-refractivity contribution in [2.24, 2.45) is 0 Å². The molecule has 586 valence electrons. The summed E-state index contributed by atoms with van der Waals surface area (Å²) in [5.41, 5.74) is 1.01. The van der Waals surface area contributed by atoms with E-state index in [1.807, 2.05) is 61.9 Å². The van der Waals surface area contributed by atoms with E-state index in [2.05, 4.69) is 52.5 Å². The fourth-order valence-corrected chi connectivity index (χ4v) is 17.8. The van der Waals surface area contributed by atoms with E-state index in [0.29, 0.717) is 39.0 Å². The molecule has 12 rings (SSSR count). The van der Waals surface area contributed by atoms with E-state index in [0.717, 1.165) is 27.9 Å². The number of aromatic hydroxyl groups is 1. The molecule has 0 unspecified atom stereocenters. The number of carbonyl (C=O) groups is 6. The van der Waals surface area contributed by atoms with Crippen LogP contribution in [0, 0.1) is 11.8 Å². The molecule has 7 aromatic rings. The summed E-state index contributed by atoms with van der Waals surface area (Å²) in [6, 6.07) is 34.9. The first-order valence-electron chi connectivity index (χ1n) is 34.0. The first-order valence-corrected chi connectivity index (χ1v) is 40.5. The summed E-state index contributed by atoms with van der Waals surface area (Å²) in [5.74, 6) is 0.0683. The first-order chi connectivity index (χ1) is 54.4. The molecule has 38 heteroatoms. The Labute approximate surface area is 652 Å². The number of amides is 4. The van der Waals surface area contributed by atoms with Gasteiger partial charge >= 0.3 is 184 Å². The molecular weight excluding hydrogens is 1590 g/mol. The summed E-state index contributed by atoms with van der Waals surface area (Å²) in [6.45, 7) is -8.29. The smallest absolute Gasteiger partial charge is 0.337 e. The Kier molecular flexibility index (Phi) is 24.0. The SMILES string of the molecule is CN(C)c1ccc2c(-c3c(Cl)cc(C(=O)NCc4ccc(C(=O)NCc5c(O)ccc6c(-c7cc(C(=O)NCc8ccc(C(=O)NCC#CCc9cn([C@H]%10CC[C@@H](COP(OO)(OOO)(P(=O)=O)P(=O)=O)O%10)c(=O)[nH]c9=O)cc8)ccc7C(=O)O)c7ccc(=O)cc-7oc56)cc4)c(Cl)c3C(=O)O)c3ccc(=[N+](C)C)cc-3oc2c1. The molecule has 33 nitrogen and oxygen atoms in total. The Balaban J connectivity index is 0.688. The Hall–Kier alpha value is -12.1. The monoisotopic (exact) mass is 1650 g/mol. The number of benzene rings is 8. The van der Waals surface area contributed by atoms with E-state index in [1.54, 1.807) is 36.4 Å². The first kappa shape index (κ1) is 81.4. The van der Waals surface area contributed by atoms with E-state index < -0.39 is 98.1 Å². The van der Waals surface area contributed by atoms with Crippen molar-refractivity contribution in [1.29, 1.82) is 0 Å². The number of aromatic amines is 1. The number of phenols is 1. The van der Waals surface area contributed by atoms with Crippen molar-refractivity contribution in [3.05, 3.63) is 248 Å². The summed E-state index contributed by atoms with van der Waals surface area (Å²) in [7, 11) is -1.40. The molecule has 0 saturated carbocycles. The summed E-state index contributed by atoms with van der Waals surface area (Å²) >= 11 is 14.0. The van der Waals surface area contributed by atoms with Crippen molar-refractivity contribution < 1.29 is 105 Å². The third-order valence-electron chi connectivity index (χ3n) is 18.6. The molecule has 1 saturated heterocycles. The van der Waals surface area contributed by atoms with Gasteiger partial charge < -0.3 is 50.3 Å². The van der Waals surface area contributed by atoms with Crippen LogP contribution in [0.2, 0.25) is 10.0 Å². The average molecular weight is 1650 g/mol. The maximum Gasteiger partial charge on any atom is 0.337 e. The second-order valence-corrected chi connectivity index (χ2v) is 37.1. The van der Waals surface area contributed by atoms with E-state index in [-0.39, 0.29) is 139 Å². The van der Waals surface area contributed by atoms with E-state index in [4.69, 9.17) is 46.6 Å². The third kappa shape index (κ3) is 16.3. The van der Waals surface area contributed by atoms with Crippen LogP contribution < -0.4 is 52.8 Å². The molecule has 4 amide bonds. The van der Waals surface area contributed by atoms with Gasteiger partial charge in [0.25, 0.3) is 23.6 Å². The number of nitrogens with zero attached hydrogens (tertiary/aromatic N) is 3. The van der Waals surface area contributed by atoms with Crippen molar-refractivity contribution >= 4 is 108 Å². The van der Waals surface area contributed by atoms with Crippen molar-refractivity contribution in [1.82, 2.24) is 35.4 Å². The van der Waals surface area contributed by atoms with Gasteiger partial charge in [0.05, 0.1) is 44.9 Å². The Morgan fingerprint density at radius 2 is 1.28 bits per heavy atom. The van der Waals surface area contributed by atoms with Gasteiger partial charge in [-0.05, 0) is 108 Å². The fraction of sp³-hybridized carbons (Fsp3) is 0.184. The third-order valence-corrected chi connectivity index (χ3v) is 29.0. The van der Waals surface area contributed by atoms with Crippen LogP contribution in [0.1, 0.15) is 103 Å². The van der Waals surface area contributed by atoms with Crippen LogP contribution in [0.25, 0.3) is 66.8 Å². The number of aromatic carboxylic acids is 2. The van der Waals surface area contributed by atoms with Crippen molar-refractivity contribution in [3.8, 4) is 62.5 Å². The number of nitrogens with one attached hydrogen (secondary N) is 5. The number of hydrogen-bond donors (Lipinski definition) is 10. The van der Waals surface area contributed by atoms with Gasteiger partial charge in [0.15, 0.2) is 5.43 Å². The zero-order valence-electron chi connectivity index (χ0n) is 60.0. The second-order valence-electron chi connectivity index (χ2n) is 26.1. The fourth-order valence-electron chi connectivity index (χ4n) is 12.8. The standard InChI is InChI=1S/C76H63Cl2N8O25P3/c1-84(2)45-17-22-51-59(30-45)107-60-31-46(85(3)4)18-23-52(60)64(51)65-57(77)33-55(67(78)66(65)75(96)97)73(93)81-35-40-10-14-42(15-11-40)70(90)82-36-56-58(88)26-25-53-63(50-24-19-47(87)32-61(50)108-68(53)56)54-29-43(16-21-49(54)74(94)95)71(91)80-34-39-8-12-41(13-9-39)69(89)79-28-6-5-7-44-37-86(76(98)83-72(44)92)62-27-20-48(106-62)38-105-114(110-100,111-109-99,112(101)102)113(103)104/h8-19,21-26,29-33,37,48,62H,7,20,27-28,34-36,38H2,1-4H3,(H9-,79,80,81,82,83,87,88,89,90,91,92,93,94,95,96,97,98,99,100)/p+1/t48-,62+/m0/s1. The Bertz CT molecular complexity index is 6190. The van der Waals surface area contributed by atoms with Gasteiger partial charge in [-0.3, -0.25) is 24.0 Å². The second kappa shape index (κ2) is 33.7. The normalized spacial score (nSPS) is 13.7. The van der Waals surface area contributed by atoms with Crippen LogP contribution in [0.4, 0.5) is 5.69 Å². The summed E-state index contributed by atoms with van der Waals surface area (Å²) < 4.78 is 81.7. The van der Waals surface area contributed by atoms with Crippen LogP contribution in [0.5, 0.6) is 5.75 Å². The maximum atomic E-state index is 14.0. The number of halogens is 2. The number of phenolic OH excluding ortho intramolecular Hbond substituents is 1. The van der Waals surface area contributed by atoms with Gasteiger partial charge in [-0.1, -0.05) is 47.5 Å². The number of H-pyrrole nitrogens is 1. The number of aromatic nitrogens is 2. The predicted octanol–water partition coefficient (Wildman–Crippen LogP) is 11.3. The average Bonchev–Trinajstić information content (AvgIpc) is 0.823. The molecule has 1 fully saturated rings. The zero-order chi connectivity index (χ0) is 81.8. The summed E-state index contributed by atoms with van der Waals surface area (Å²) in [5, 5.41) is 66.1. The molecule has 0 spiro atoms. The van der Waals surface area contributed by atoms with Crippen LogP contribution in [-0.4, -0.2) is 118 Å². The number of carboxylic acids is 2. The van der Waals surface area contributed by atoms with E-state index >= 15 is 0 Å². The predicted molar refractivity (Wildman–Crippen MR) is 413 cm³/mol. The van der Waals surface area contributed by atoms with Crippen LogP contribution in [0.3, 0.4) is 0 Å². The molecule has 2 aliphatic carbocycles. The minimum absolute atomic E-state index is 0.00391. The zero-order valence-corrected chi connectivity index (χ0v) is 64.2. The number of hydrogen-bond acceptors (Lipinski definition) is 24. The molecule has 2 atom stereocenters. The number of rotatable bonds is 26. The van der Waals surface area contributed by atoms with Gasteiger partial charge in [-0.2, -0.15) is 0 Å². The van der Waals surface area contributed by atoms with Gasteiger partial charge in [-0.15, -0.1) is 0 Å². The van der Waals surface area contributed by atoms with Crippen molar-refractivity contribution in [2.45, 2.75) is 51.2 Å². The van der Waals surface area contributed by atoms with Gasteiger partial charge in [0.2, 0.25) is 5.36 Å². The van der Waals surface area contributed by atoms with Gasteiger partial charge in [0, 0.05) is 106 Å². The minimum atomic E-state index is -6.59. The molecular formula is C76H64Cl2N8O25P3+. The number of anilines is 1. The van der Waals surface area contributed by atoms with Crippen LogP contribution >= 0.6 is 44.6 Å². The van der Waals surface area contributed by atoms with Crippen molar-refractivity contribution in [2.75, 3.05) is 46.2 Å². The molecule has 5 aliphatic rings. The molecule has 0 radical (unpaired) electrons. The topological polar surface area (TPSA) is 471 Å². The molecule has 6 aromatic carbocycles. The molecule has 114 heavy (non-hydrogen) atoms. The van der Waals surface area contributed by atoms with Gasteiger partial charge in [-0.25, -0.2) is 14.2 Å². The van der Waals surface area contributed by atoms with Crippen LogP contribution in [0.15, 0.2) is 169 Å². The largest absolute Gasteiger partial charge is 0.478 e. The Morgan fingerprint density at radius 1 is 0.658 bits per heavy atom.